The molecule has 2 aromatic carbocycles. The van der Waals surface area contributed by atoms with Crippen molar-refractivity contribution in [1.82, 2.24) is 0 Å². The highest BCUT2D eigenvalue weighted by atomic mass is 127. The van der Waals surface area contributed by atoms with Crippen LogP contribution in [0.15, 0.2) is 36.4 Å². The molecule has 0 atom stereocenters. The third-order valence-corrected chi connectivity index (χ3v) is 7.83. The monoisotopic (exact) mass is 736 g/mol. The number of benzene rings is 2. The SMILES string of the molecule is CCCCCCCCOc1ccc(OCCCOc2ccc(OCCCCCCCC)cc2I)c(I)c1. The van der Waals surface area contributed by atoms with Crippen LogP contribution in [0.2, 0.25) is 0 Å². The third kappa shape index (κ3) is 14.7. The lowest BCUT2D eigenvalue weighted by molar-refractivity contribution is 0.244. The molecule has 208 valence electrons. The molecule has 2 rings (SSSR count). The number of hydrogen-bond acceptors (Lipinski definition) is 4. The molecule has 0 unspecified atom stereocenters. The van der Waals surface area contributed by atoms with Gasteiger partial charge in [0.1, 0.15) is 23.0 Å². The highest BCUT2D eigenvalue weighted by Gasteiger charge is 2.06. The molecule has 2 aromatic rings. The van der Waals surface area contributed by atoms with E-state index in [-0.39, 0.29) is 0 Å². The molecule has 0 N–H and O–H groups in total. The van der Waals surface area contributed by atoms with Gasteiger partial charge in [0.05, 0.1) is 33.6 Å². The molecule has 0 aromatic heterocycles. The zero-order valence-corrected chi connectivity index (χ0v) is 27.2. The summed E-state index contributed by atoms with van der Waals surface area (Å²) in [6, 6.07) is 12.1. The number of hydrogen-bond donors (Lipinski definition) is 0. The molecule has 0 aliphatic rings. The molecule has 37 heavy (non-hydrogen) atoms. The van der Waals surface area contributed by atoms with E-state index in [2.05, 4.69) is 71.2 Å². The van der Waals surface area contributed by atoms with Crippen LogP contribution in [-0.4, -0.2) is 26.4 Å². The Morgan fingerprint density at radius 1 is 0.459 bits per heavy atom. The maximum absolute atomic E-state index is 5.98. The van der Waals surface area contributed by atoms with E-state index in [1.54, 1.807) is 0 Å². The second-order valence-corrected chi connectivity index (χ2v) is 11.8. The maximum Gasteiger partial charge on any atom is 0.132 e. The average Bonchev–Trinajstić information content (AvgIpc) is 2.89. The third-order valence-electron chi connectivity index (χ3n) is 6.14. The van der Waals surface area contributed by atoms with E-state index in [0.29, 0.717) is 13.2 Å². The normalized spacial score (nSPS) is 10.9. The molecule has 6 heteroatoms. The minimum Gasteiger partial charge on any atom is -0.494 e. The molecule has 0 saturated carbocycles. The van der Waals surface area contributed by atoms with E-state index in [1.165, 1.54) is 64.2 Å². The molecule has 0 aliphatic carbocycles. The lowest BCUT2D eigenvalue weighted by Gasteiger charge is -2.13. The first kappa shape index (κ1) is 32.3. The number of rotatable bonds is 22. The lowest BCUT2D eigenvalue weighted by Crippen LogP contribution is -2.06. The fourth-order valence-corrected chi connectivity index (χ4v) is 5.23. The van der Waals surface area contributed by atoms with Gasteiger partial charge in [-0.2, -0.15) is 0 Å². The van der Waals surface area contributed by atoms with Crippen molar-refractivity contribution >= 4 is 45.2 Å². The Balaban J connectivity index is 1.59. The van der Waals surface area contributed by atoms with Crippen LogP contribution in [-0.2, 0) is 0 Å². The standard InChI is InChI=1S/C31H46I2O4/c1-3-5-7-9-11-13-20-34-26-16-18-30(28(32)24-26)36-22-15-23-37-31-19-17-27(25-29(31)33)35-21-14-12-10-8-6-4-2/h16-19,24-25H,3-15,20-23H2,1-2H3. The van der Waals surface area contributed by atoms with Crippen LogP contribution in [0.4, 0.5) is 0 Å². The zero-order chi connectivity index (χ0) is 26.6. The molecule has 0 aliphatic heterocycles. The largest absolute Gasteiger partial charge is 0.494 e. The average molecular weight is 737 g/mol. The van der Waals surface area contributed by atoms with Crippen molar-refractivity contribution in [2.24, 2.45) is 0 Å². The molecular formula is C31H46I2O4. The van der Waals surface area contributed by atoms with Crippen molar-refractivity contribution in [3.63, 3.8) is 0 Å². The first-order valence-electron chi connectivity index (χ1n) is 14.2. The Labute approximate surface area is 252 Å². The number of ether oxygens (including phenoxy) is 4. The van der Waals surface area contributed by atoms with Crippen molar-refractivity contribution in [3.05, 3.63) is 43.5 Å². The fraction of sp³-hybridized carbons (Fsp3) is 0.613. The van der Waals surface area contributed by atoms with E-state index in [0.717, 1.165) is 62.6 Å². The number of unbranched alkanes of at least 4 members (excludes halogenated alkanes) is 10. The van der Waals surface area contributed by atoms with Crippen LogP contribution in [0, 0.1) is 7.14 Å². The summed E-state index contributed by atoms with van der Waals surface area (Å²) in [7, 11) is 0. The van der Waals surface area contributed by atoms with Gasteiger partial charge in [0, 0.05) is 6.42 Å². The van der Waals surface area contributed by atoms with Gasteiger partial charge in [0.15, 0.2) is 0 Å². The predicted octanol–water partition coefficient (Wildman–Crippen LogP) is 10.2. The Kier molecular flexibility index (Phi) is 18.3. The Morgan fingerprint density at radius 3 is 1.24 bits per heavy atom. The van der Waals surface area contributed by atoms with Crippen molar-refractivity contribution < 1.29 is 18.9 Å². The van der Waals surface area contributed by atoms with E-state index in [4.69, 9.17) is 18.9 Å². The van der Waals surface area contributed by atoms with Gasteiger partial charge in [0.25, 0.3) is 0 Å². The molecule has 0 heterocycles. The summed E-state index contributed by atoms with van der Waals surface area (Å²) in [4.78, 5) is 0. The molecule has 0 spiro atoms. The number of halogens is 2. The van der Waals surface area contributed by atoms with Gasteiger partial charge in [0.2, 0.25) is 0 Å². The molecule has 0 saturated heterocycles. The van der Waals surface area contributed by atoms with Crippen LogP contribution in [0.1, 0.15) is 97.3 Å². The highest BCUT2D eigenvalue weighted by Crippen LogP contribution is 2.27. The second kappa shape index (κ2) is 21.0. The van der Waals surface area contributed by atoms with Crippen molar-refractivity contribution in [2.45, 2.75) is 97.3 Å². The van der Waals surface area contributed by atoms with Crippen molar-refractivity contribution in [2.75, 3.05) is 26.4 Å². The van der Waals surface area contributed by atoms with E-state index >= 15 is 0 Å². The van der Waals surface area contributed by atoms with Crippen LogP contribution in [0.3, 0.4) is 0 Å². The molecule has 0 amide bonds. The molecule has 4 nitrogen and oxygen atoms in total. The quantitative estimate of drug-likeness (QED) is 0.0891. The van der Waals surface area contributed by atoms with E-state index in [1.807, 2.05) is 24.3 Å². The van der Waals surface area contributed by atoms with Gasteiger partial charge in [-0.3, -0.25) is 0 Å². The van der Waals surface area contributed by atoms with Crippen LogP contribution < -0.4 is 18.9 Å². The lowest BCUT2D eigenvalue weighted by atomic mass is 10.1. The summed E-state index contributed by atoms with van der Waals surface area (Å²) in [6.45, 7) is 7.30. The summed E-state index contributed by atoms with van der Waals surface area (Å²) >= 11 is 4.63. The minimum atomic E-state index is 0.615. The summed E-state index contributed by atoms with van der Waals surface area (Å²) < 4.78 is 25.9. The summed E-state index contributed by atoms with van der Waals surface area (Å²) in [5.41, 5.74) is 0. The predicted molar refractivity (Wildman–Crippen MR) is 172 cm³/mol. The Hall–Kier alpha value is -0.900. The second-order valence-electron chi connectivity index (χ2n) is 9.47. The van der Waals surface area contributed by atoms with Crippen LogP contribution in [0.25, 0.3) is 0 Å². The summed E-state index contributed by atoms with van der Waals surface area (Å²) in [5, 5.41) is 0. The first-order chi connectivity index (χ1) is 18.1. The van der Waals surface area contributed by atoms with Gasteiger partial charge >= 0.3 is 0 Å². The molecule has 0 bridgehead atoms. The van der Waals surface area contributed by atoms with Crippen molar-refractivity contribution in [1.29, 1.82) is 0 Å². The first-order valence-corrected chi connectivity index (χ1v) is 16.4. The van der Waals surface area contributed by atoms with Gasteiger partial charge in [-0.25, -0.2) is 0 Å². The topological polar surface area (TPSA) is 36.9 Å². The fourth-order valence-electron chi connectivity index (χ4n) is 3.94. The van der Waals surface area contributed by atoms with Gasteiger partial charge < -0.3 is 18.9 Å². The van der Waals surface area contributed by atoms with Gasteiger partial charge in [-0.05, 0) is 94.4 Å². The minimum absolute atomic E-state index is 0.615. The van der Waals surface area contributed by atoms with Crippen LogP contribution in [0.5, 0.6) is 23.0 Å². The zero-order valence-electron chi connectivity index (χ0n) is 22.9. The molecular weight excluding hydrogens is 690 g/mol. The molecule has 0 radical (unpaired) electrons. The van der Waals surface area contributed by atoms with Gasteiger partial charge in [-0.1, -0.05) is 78.1 Å². The molecule has 0 fully saturated rings. The van der Waals surface area contributed by atoms with Crippen molar-refractivity contribution in [3.8, 4) is 23.0 Å². The maximum atomic E-state index is 5.98. The summed E-state index contributed by atoms with van der Waals surface area (Å²) in [5.74, 6) is 3.63. The highest BCUT2D eigenvalue weighted by molar-refractivity contribution is 14.1. The smallest absolute Gasteiger partial charge is 0.132 e. The van der Waals surface area contributed by atoms with Gasteiger partial charge in [-0.15, -0.1) is 0 Å². The van der Waals surface area contributed by atoms with Crippen LogP contribution >= 0.6 is 45.2 Å². The van der Waals surface area contributed by atoms with E-state index < -0.39 is 0 Å². The van der Waals surface area contributed by atoms with E-state index in [9.17, 15) is 0 Å². The Bertz CT molecular complexity index is 790. The summed E-state index contributed by atoms with van der Waals surface area (Å²) in [6.07, 6.45) is 16.1. The Morgan fingerprint density at radius 2 is 0.838 bits per heavy atom.